The maximum absolute atomic E-state index is 11.7. The molecule has 0 aliphatic heterocycles. The molecule has 4 nitrogen and oxygen atoms in total. The molecule has 0 bridgehead atoms. The van der Waals surface area contributed by atoms with Gasteiger partial charge in [0.05, 0.1) is 6.10 Å². The molecule has 0 amide bonds. The average molecular weight is 242 g/mol. The van der Waals surface area contributed by atoms with E-state index >= 15 is 0 Å². The Morgan fingerprint density at radius 2 is 2.00 bits per heavy atom. The largest absolute Gasteiger partial charge is 0.399 e. The number of carbonyl (C=O) groups is 1. The van der Waals surface area contributed by atoms with Crippen molar-refractivity contribution in [2.75, 3.05) is 0 Å². The Labute approximate surface area is 94.8 Å². The number of rotatable bonds is 5. The van der Waals surface area contributed by atoms with Gasteiger partial charge in [-0.2, -0.15) is 0 Å². The third kappa shape index (κ3) is 3.27. The summed E-state index contributed by atoms with van der Waals surface area (Å²) in [5.41, 5.74) is -0.662. The summed E-state index contributed by atoms with van der Waals surface area (Å²) < 4.78 is 16.5. The van der Waals surface area contributed by atoms with Gasteiger partial charge in [0.25, 0.3) is 5.52 Å². The lowest BCUT2D eigenvalue weighted by molar-refractivity contribution is 0.0991. The van der Waals surface area contributed by atoms with Crippen LogP contribution in [0.3, 0.4) is 0 Å². The molecule has 0 aliphatic rings. The first-order chi connectivity index (χ1) is 7.47. The van der Waals surface area contributed by atoms with Crippen molar-refractivity contribution in [3.8, 4) is 0 Å². The van der Waals surface area contributed by atoms with Gasteiger partial charge in [-0.15, -0.1) is 0 Å². The van der Waals surface area contributed by atoms with Gasteiger partial charge in [-0.1, -0.05) is 37.3 Å². The van der Waals surface area contributed by atoms with Gasteiger partial charge >= 0.3 is 7.60 Å². The molecule has 1 rings (SSSR count). The number of hydrogen-bond acceptors (Lipinski definition) is 3. The number of benzene rings is 1. The summed E-state index contributed by atoms with van der Waals surface area (Å²) >= 11 is 0. The molecule has 2 unspecified atom stereocenters. The second-order valence-corrected chi connectivity index (χ2v) is 5.17. The minimum Gasteiger partial charge on any atom is -0.319 e. The van der Waals surface area contributed by atoms with Crippen LogP contribution in [-0.2, 0) is 9.09 Å². The van der Waals surface area contributed by atoms with Crippen LogP contribution in [0.15, 0.2) is 30.3 Å². The first kappa shape index (κ1) is 13.1. The monoisotopic (exact) mass is 242 g/mol. The zero-order chi connectivity index (χ0) is 12.2. The van der Waals surface area contributed by atoms with Gasteiger partial charge in [0.15, 0.2) is 0 Å². The fourth-order valence-corrected chi connectivity index (χ4v) is 2.32. The van der Waals surface area contributed by atoms with Gasteiger partial charge in [0.1, 0.15) is 0 Å². The van der Waals surface area contributed by atoms with Crippen molar-refractivity contribution in [2.45, 2.75) is 26.4 Å². The Balaban J connectivity index is 2.85. The van der Waals surface area contributed by atoms with Crippen LogP contribution in [0.1, 0.15) is 30.6 Å². The van der Waals surface area contributed by atoms with E-state index in [0.717, 1.165) is 0 Å². The Morgan fingerprint density at radius 3 is 2.50 bits per heavy atom. The summed E-state index contributed by atoms with van der Waals surface area (Å²) in [4.78, 5) is 21.2. The molecular formula is C11H15O4P. The van der Waals surface area contributed by atoms with Crippen molar-refractivity contribution in [1.29, 1.82) is 0 Å². The van der Waals surface area contributed by atoms with Crippen LogP contribution < -0.4 is 0 Å². The van der Waals surface area contributed by atoms with Crippen molar-refractivity contribution < 1.29 is 18.8 Å². The standard InChI is InChI=1S/C11H15O4P/c1-3-9(2)15-16(13,14)11(12)10-7-5-4-6-8-10/h4-9H,3H2,1-2H3,(H,13,14). The highest BCUT2D eigenvalue weighted by Gasteiger charge is 2.33. The molecule has 0 saturated carbocycles. The fraction of sp³-hybridized carbons (Fsp3) is 0.364. The van der Waals surface area contributed by atoms with E-state index in [4.69, 9.17) is 4.52 Å². The quantitative estimate of drug-likeness (QED) is 0.806. The van der Waals surface area contributed by atoms with Crippen molar-refractivity contribution in [2.24, 2.45) is 0 Å². The van der Waals surface area contributed by atoms with E-state index in [2.05, 4.69) is 0 Å². The van der Waals surface area contributed by atoms with Crippen LogP contribution in [0.4, 0.5) is 0 Å². The predicted octanol–water partition coefficient (Wildman–Crippen LogP) is 2.83. The third-order valence-electron chi connectivity index (χ3n) is 2.18. The number of carbonyl (C=O) groups excluding carboxylic acids is 1. The van der Waals surface area contributed by atoms with E-state index in [9.17, 15) is 14.3 Å². The van der Waals surface area contributed by atoms with E-state index in [1.54, 1.807) is 25.1 Å². The Morgan fingerprint density at radius 1 is 1.44 bits per heavy atom. The van der Waals surface area contributed by atoms with E-state index in [1.165, 1.54) is 12.1 Å². The lowest BCUT2D eigenvalue weighted by Gasteiger charge is -2.15. The first-order valence-corrected chi connectivity index (χ1v) is 6.66. The van der Waals surface area contributed by atoms with Crippen molar-refractivity contribution in [3.05, 3.63) is 35.9 Å². The van der Waals surface area contributed by atoms with Gasteiger partial charge in [-0.05, 0) is 13.3 Å². The van der Waals surface area contributed by atoms with E-state index in [0.29, 0.717) is 6.42 Å². The fourth-order valence-electron chi connectivity index (χ4n) is 1.11. The maximum Gasteiger partial charge on any atom is 0.399 e. The van der Waals surface area contributed by atoms with Crippen LogP contribution in [0.5, 0.6) is 0 Å². The van der Waals surface area contributed by atoms with Crippen LogP contribution >= 0.6 is 7.60 Å². The Hall–Kier alpha value is -0.960. The molecule has 0 heterocycles. The van der Waals surface area contributed by atoms with Crippen LogP contribution in [0.25, 0.3) is 0 Å². The molecule has 0 fully saturated rings. The van der Waals surface area contributed by atoms with Crippen LogP contribution in [0, 0.1) is 0 Å². The van der Waals surface area contributed by atoms with Crippen molar-refractivity contribution >= 4 is 13.1 Å². The molecule has 0 aromatic heterocycles. The lowest BCUT2D eigenvalue weighted by Crippen LogP contribution is -2.10. The normalized spacial score (nSPS) is 16.4. The average Bonchev–Trinajstić information content (AvgIpc) is 2.28. The minimum absolute atomic E-state index is 0.191. The smallest absolute Gasteiger partial charge is 0.319 e. The van der Waals surface area contributed by atoms with Crippen LogP contribution in [-0.4, -0.2) is 16.5 Å². The van der Waals surface area contributed by atoms with Gasteiger partial charge in [-0.25, -0.2) is 0 Å². The first-order valence-electron chi connectivity index (χ1n) is 5.08. The summed E-state index contributed by atoms with van der Waals surface area (Å²) in [7, 11) is -4.22. The third-order valence-corrected chi connectivity index (χ3v) is 3.59. The number of hydrogen-bond donors (Lipinski definition) is 1. The van der Waals surface area contributed by atoms with Crippen molar-refractivity contribution in [1.82, 2.24) is 0 Å². The molecular weight excluding hydrogens is 227 g/mol. The minimum atomic E-state index is -4.22. The zero-order valence-corrected chi connectivity index (χ0v) is 10.2. The summed E-state index contributed by atoms with van der Waals surface area (Å²) in [6.45, 7) is 3.47. The van der Waals surface area contributed by atoms with Gasteiger partial charge in [0.2, 0.25) is 0 Å². The molecule has 0 saturated heterocycles. The molecule has 1 aromatic rings. The topological polar surface area (TPSA) is 63.6 Å². The van der Waals surface area contributed by atoms with Crippen molar-refractivity contribution in [3.63, 3.8) is 0 Å². The SMILES string of the molecule is CCC(C)OP(=O)(O)C(=O)c1ccccc1. The highest BCUT2D eigenvalue weighted by molar-refractivity contribution is 7.71. The molecule has 88 valence electrons. The molecule has 0 radical (unpaired) electrons. The zero-order valence-electron chi connectivity index (χ0n) is 9.29. The van der Waals surface area contributed by atoms with Gasteiger partial charge in [-0.3, -0.25) is 9.36 Å². The summed E-state index contributed by atoms with van der Waals surface area (Å²) in [6.07, 6.45) is 0.163. The van der Waals surface area contributed by atoms with Gasteiger partial charge < -0.3 is 9.42 Å². The Bertz CT molecular complexity index is 402. The second kappa shape index (κ2) is 5.39. The molecule has 16 heavy (non-hydrogen) atoms. The molecule has 0 spiro atoms. The highest BCUT2D eigenvalue weighted by Crippen LogP contribution is 2.46. The lowest BCUT2D eigenvalue weighted by atomic mass is 10.2. The van der Waals surface area contributed by atoms with E-state index in [1.807, 2.05) is 6.92 Å². The molecule has 1 aromatic carbocycles. The Kier molecular flexibility index (Phi) is 4.42. The molecule has 1 N–H and O–H groups in total. The van der Waals surface area contributed by atoms with E-state index < -0.39 is 19.2 Å². The second-order valence-electron chi connectivity index (χ2n) is 3.52. The molecule has 5 heteroatoms. The summed E-state index contributed by atoms with van der Waals surface area (Å²) in [5, 5.41) is 0. The summed E-state index contributed by atoms with van der Waals surface area (Å²) in [6, 6.07) is 7.98. The maximum atomic E-state index is 11.7. The molecule has 2 atom stereocenters. The molecule has 0 aliphatic carbocycles. The predicted molar refractivity (Wildman–Crippen MR) is 61.4 cm³/mol. The van der Waals surface area contributed by atoms with E-state index in [-0.39, 0.29) is 5.56 Å². The highest BCUT2D eigenvalue weighted by atomic mass is 31.2. The van der Waals surface area contributed by atoms with Gasteiger partial charge in [0, 0.05) is 5.56 Å². The van der Waals surface area contributed by atoms with Crippen LogP contribution in [0.2, 0.25) is 0 Å². The summed E-state index contributed by atoms with van der Waals surface area (Å²) in [5.74, 6) is 0.